The molecule has 2 rings (SSSR count). The van der Waals surface area contributed by atoms with Gasteiger partial charge in [0.2, 0.25) is 0 Å². The molecule has 1 aromatic carbocycles. The number of hydrogen-bond donors (Lipinski definition) is 0. The minimum absolute atomic E-state index is 0.673. The van der Waals surface area contributed by atoms with Crippen LogP contribution >= 0.6 is 56.8 Å². The first-order chi connectivity index (χ1) is 6.70. The largest absolute Gasteiger partial charge is 0.205 e. The molecule has 0 aliphatic heterocycles. The molecule has 2 aromatic rings. The van der Waals surface area contributed by atoms with E-state index in [1.807, 2.05) is 24.3 Å². The quantitative estimate of drug-likeness (QED) is 0.650. The fraction of sp³-hybridized carbons (Fsp3) is 0. The molecule has 6 heteroatoms. The molecule has 0 saturated carbocycles. The third-order valence-corrected chi connectivity index (χ3v) is 4.70. The molecule has 1 aromatic heterocycles. The van der Waals surface area contributed by atoms with E-state index < -0.39 is 0 Å². The van der Waals surface area contributed by atoms with Crippen LogP contribution < -0.4 is 0 Å². The first-order valence-electron chi connectivity index (χ1n) is 3.72. The standard InChI is InChI=1S/C8H4ClI2N3/c9-5-3-1-2-4-6(5)14-8(11)7(10)12-13-14/h1-4H. The van der Waals surface area contributed by atoms with Crippen LogP contribution in [0.2, 0.25) is 5.02 Å². The summed E-state index contributed by atoms with van der Waals surface area (Å²) in [7, 11) is 0. The maximum atomic E-state index is 6.05. The number of halogens is 3. The summed E-state index contributed by atoms with van der Waals surface area (Å²) in [6.45, 7) is 0. The minimum Gasteiger partial charge on any atom is -0.205 e. The van der Waals surface area contributed by atoms with E-state index in [0.717, 1.165) is 13.1 Å². The summed E-state index contributed by atoms with van der Waals surface area (Å²) in [4.78, 5) is 0. The van der Waals surface area contributed by atoms with Crippen molar-refractivity contribution in [3.63, 3.8) is 0 Å². The molecule has 0 aliphatic carbocycles. The smallest absolute Gasteiger partial charge is 0.157 e. The Morgan fingerprint density at radius 1 is 1.21 bits per heavy atom. The topological polar surface area (TPSA) is 30.7 Å². The van der Waals surface area contributed by atoms with Crippen LogP contribution in [0.15, 0.2) is 24.3 Å². The molecule has 0 spiro atoms. The van der Waals surface area contributed by atoms with Crippen molar-refractivity contribution < 1.29 is 0 Å². The highest BCUT2D eigenvalue weighted by Gasteiger charge is 2.10. The summed E-state index contributed by atoms with van der Waals surface area (Å²) in [6.07, 6.45) is 0. The number of nitrogens with zero attached hydrogens (tertiary/aromatic N) is 3. The molecular weight excluding hydrogens is 427 g/mol. The predicted molar refractivity (Wildman–Crippen MR) is 71.8 cm³/mol. The van der Waals surface area contributed by atoms with Gasteiger partial charge >= 0.3 is 0 Å². The van der Waals surface area contributed by atoms with Gasteiger partial charge in [0.1, 0.15) is 3.70 Å². The highest BCUT2D eigenvalue weighted by atomic mass is 127. The maximum absolute atomic E-state index is 6.05. The van der Waals surface area contributed by atoms with Crippen LogP contribution in [0.1, 0.15) is 0 Å². The van der Waals surface area contributed by atoms with Crippen LogP contribution in [0.5, 0.6) is 0 Å². The van der Waals surface area contributed by atoms with Crippen LogP contribution in [0, 0.1) is 7.40 Å². The lowest BCUT2D eigenvalue weighted by Crippen LogP contribution is -1.99. The van der Waals surface area contributed by atoms with E-state index in [-0.39, 0.29) is 0 Å². The Balaban J connectivity index is 2.60. The average molecular weight is 431 g/mol. The van der Waals surface area contributed by atoms with Crippen molar-refractivity contribution >= 4 is 56.8 Å². The highest BCUT2D eigenvalue weighted by molar-refractivity contribution is 14.1. The van der Waals surface area contributed by atoms with E-state index in [2.05, 4.69) is 55.5 Å². The first kappa shape index (κ1) is 10.6. The summed E-state index contributed by atoms with van der Waals surface area (Å²) in [5.41, 5.74) is 0.856. The fourth-order valence-electron chi connectivity index (χ4n) is 1.03. The summed E-state index contributed by atoms with van der Waals surface area (Å²) in [6, 6.07) is 7.56. The lowest BCUT2D eigenvalue weighted by Gasteiger charge is -2.03. The van der Waals surface area contributed by atoms with Gasteiger partial charge in [-0.25, -0.2) is 4.68 Å². The van der Waals surface area contributed by atoms with Gasteiger partial charge in [-0.15, -0.1) is 5.10 Å². The number of hydrogen-bond acceptors (Lipinski definition) is 2. The van der Waals surface area contributed by atoms with Gasteiger partial charge in [0.15, 0.2) is 3.70 Å². The molecule has 0 aliphatic rings. The zero-order valence-electron chi connectivity index (χ0n) is 6.78. The van der Waals surface area contributed by atoms with E-state index in [0.29, 0.717) is 5.02 Å². The molecule has 0 amide bonds. The number of para-hydroxylation sites is 1. The van der Waals surface area contributed by atoms with E-state index in [9.17, 15) is 0 Å². The number of benzene rings is 1. The molecule has 0 saturated heterocycles. The normalized spacial score (nSPS) is 10.5. The van der Waals surface area contributed by atoms with Crippen molar-refractivity contribution in [3.05, 3.63) is 36.7 Å². The predicted octanol–water partition coefficient (Wildman–Crippen LogP) is 3.13. The Morgan fingerprint density at radius 2 is 1.93 bits per heavy atom. The monoisotopic (exact) mass is 431 g/mol. The van der Waals surface area contributed by atoms with Crippen LogP contribution in [0.4, 0.5) is 0 Å². The lowest BCUT2D eigenvalue weighted by molar-refractivity contribution is 0.790. The van der Waals surface area contributed by atoms with Gasteiger partial charge in [-0.1, -0.05) is 28.9 Å². The fourth-order valence-corrected chi connectivity index (χ4v) is 2.03. The molecular formula is C8H4ClI2N3. The molecule has 0 unspecified atom stereocenters. The number of rotatable bonds is 1. The Morgan fingerprint density at radius 3 is 2.50 bits per heavy atom. The van der Waals surface area contributed by atoms with E-state index in [1.54, 1.807) is 4.68 Å². The molecule has 0 bridgehead atoms. The van der Waals surface area contributed by atoms with Crippen LogP contribution in [-0.2, 0) is 0 Å². The van der Waals surface area contributed by atoms with E-state index in [1.165, 1.54) is 0 Å². The molecule has 0 radical (unpaired) electrons. The molecule has 1 heterocycles. The number of aromatic nitrogens is 3. The van der Waals surface area contributed by atoms with Gasteiger partial charge in [0, 0.05) is 0 Å². The second-order valence-electron chi connectivity index (χ2n) is 2.53. The van der Waals surface area contributed by atoms with Crippen molar-refractivity contribution in [1.29, 1.82) is 0 Å². The molecule has 0 N–H and O–H groups in total. The Hall–Kier alpha value is 0.110. The van der Waals surface area contributed by atoms with E-state index >= 15 is 0 Å². The Kier molecular flexibility index (Phi) is 3.27. The van der Waals surface area contributed by atoms with Crippen molar-refractivity contribution in [1.82, 2.24) is 15.0 Å². The zero-order chi connectivity index (χ0) is 10.1. The summed E-state index contributed by atoms with van der Waals surface area (Å²) in [5, 5.41) is 8.65. The molecule has 3 nitrogen and oxygen atoms in total. The van der Waals surface area contributed by atoms with Crippen molar-refractivity contribution in [2.24, 2.45) is 0 Å². The summed E-state index contributed by atoms with van der Waals surface area (Å²) in [5.74, 6) is 0. The van der Waals surface area contributed by atoms with Gasteiger partial charge in [0.25, 0.3) is 0 Å². The molecule has 72 valence electrons. The minimum atomic E-state index is 0.673. The van der Waals surface area contributed by atoms with Crippen molar-refractivity contribution in [2.75, 3.05) is 0 Å². The second-order valence-corrected chi connectivity index (χ2v) is 4.99. The van der Waals surface area contributed by atoms with Gasteiger partial charge in [-0.3, -0.25) is 0 Å². The zero-order valence-corrected chi connectivity index (χ0v) is 11.9. The van der Waals surface area contributed by atoms with Crippen LogP contribution in [0.25, 0.3) is 5.69 Å². The molecule has 14 heavy (non-hydrogen) atoms. The van der Waals surface area contributed by atoms with Crippen molar-refractivity contribution in [2.45, 2.75) is 0 Å². The van der Waals surface area contributed by atoms with Crippen LogP contribution in [0.3, 0.4) is 0 Å². The molecule has 0 atom stereocenters. The van der Waals surface area contributed by atoms with Crippen LogP contribution in [-0.4, -0.2) is 15.0 Å². The first-order valence-corrected chi connectivity index (χ1v) is 6.25. The van der Waals surface area contributed by atoms with Crippen molar-refractivity contribution in [3.8, 4) is 5.69 Å². The van der Waals surface area contributed by atoms with Gasteiger partial charge in [0.05, 0.1) is 10.7 Å². The highest BCUT2D eigenvalue weighted by Crippen LogP contribution is 2.22. The maximum Gasteiger partial charge on any atom is 0.157 e. The summed E-state index contributed by atoms with van der Waals surface area (Å²) >= 11 is 10.4. The summed E-state index contributed by atoms with van der Waals surface area (Å²) < 4.78 is 3.57. The second kappa shape index (κ2) is 4.31. The van der Waals surface area contributed by atoms with E-state index in [4.69, 9.17) is 11.6 Å². The molecule has 0 fully saturated rings. The third-order valence-electron chi connectivity index (χ3n) is 1.66. The third kappa shape index (κ3) is 1.89. The Labute approximate surface area is 113 Å². The van der Waals surface area contributed by atoms with Gasteiger partial charge < -0.3 is 0 Å². The lowest BCUT2D eigenvalue weighted by atomic mass is 10.3. The average Bonchev–Trinajstić information content (AvgIpc) is 2.49. The van der Waals surface area contributed by atoms with Gasteiger partial charge in [-0.05, 0) is 57.3 Å². The SMILES string of the molecule is Clc1ccccc1-n1nnc(I)c1I. The van der Waals surface area contributed by atoms with Gasteiger partial charge in [-0.2, -0.15) is 0 Å². The Bertz CT molecular complexity index is 469.